The molecule has 1 N–H and O–H groups in total. The van der Waals surface area contributed by atoms with Gasteiger partial charge in [0.05, 0.1) is 5.56 Å². The summed E-state index contributed by atoms with van der Waals surface area (Å²) in [5.41, 5.74) is 2.06. The number of amides is 1. The zero-order valence-electron chi connectivity index (χ0n) is 13.5. The minimum Gasteiger partial charge on any atom is -0.358 e. The van der Waals surface area contributed by atoms with Crippen LogP contribution in [0.3, 0.4) is 0 Å². The highest BCUT2D eigenvalue weighted by Gasteiger charge is 2.41. The second kappa shape index (κ2) is 6.25. The molecule has 2 aromatic carbocycles. The van der Waals surface area contributed by atoms with Gasteiger partial charge < -0.3 is 10.2 Å². The molecule has 1 unspecified atom stereocenters. The number of para-hydroxylation sites is 1. The Morgan fingerprint density at radius 3 is 2.52 bits per heavy atom. The van der Waals surface area contributed by atoms with Gasteiger partial charge in [-0.1, -0.05) is 49.2 Å². The summed E-state index contributed by atoms with van der Waals surface area (Å²) < 4.78 is 0. The topological polar surface area (TPSA) is 32.3 Å². The summed E-state index contributed by atoms with van der Waals surface area (Å²) in [5.74, 6) is 0.0743. The molecular weight excluding hydrogens is 308 g/mol. The molecule has 0 aromatic heterocycles. The number of nitrogens with zero attached hydrogens (tertiary/aromatic N) is 1. The molecule has 2 aromatic rings. The highest BCUT2D eigenvalue weighted by molar-refractivity contribution is 6.30. The van der Waals surface area contributed by atoms with Crippen LogP contribution in [0.2, 0.25) is 5.02 Å². The maximum absolute atomic E-state index is 13.0. The Morgan fingerprint density at radius 1 is 1.13 bits per heavy atom. The smallest absolute Gasteiger partial charge is 0.258 e. The maximum Gasteiger partial charge on any atom is 0.258 e. The van der Waals surface area contributed by atoms with Crippen molar-refractivity contribution in [1.82, 2.24) is 4.90 Å². The average molecular weight is 329 g/mol. The highest BCUT2D eigenvalue weighted by atomic mass is 35.5. The van der Waals surface area contributed by atoms with Crippen LogP contribution >= 0.6 is 11.6 Å². The molecule has 0 aliphatic carbocycles. The zero-order chi connectivity index (χ0) is 16.4. The number of nitrogens with one attached hydrogen (secondary N) is 1. The van der Waals surface area contributed by atoms with Gasteiger partial charge in [0.1, 0.15) is 5.66 Å². The molecule has 3 nitrogen and oxygen atoms in total. The van der Waals surface area contributed by atoms with Crippen LogP contribution in [0.4, 0.5) is 5.69 Å². The number of benzene rings is 2. The molecule has 0 saturated heterocycles. The molecule has 1 aliphatic heterocycles. The van der Waals surface area contributed by atoms with Crippen molar-refractivity contribution in [3.63, 3.8) is 0 Å². The molecule has 1 atom stereocenters. The van der Waals surface area contributed by atoms with Crippen LogP contribution in [-0.2, 0) is 5.66 Å². The summed E-state index contributed by atoms with van der Waals surface area (Å²) >= 11 is 6.02. The fourth-order valence-corrected chi connectivity index (χ4v) is 3.23. The van der Waals surface area contributed by atoms with E-state index in [1.807, 2.05) is 53.4 Å². The van der Waals surface area contributed by atoms with Crippen molar-refractivity contribution in [3.8, 4) is 0 Å². The van der Waals surface area contributed by atoms with E-state index >= 15 is 0 Å². The van der Waals surface area contributed by atoms with E-state index in [1.165, 1.54) is 0 Å². The van der Waals surface area contributed by atoms with E-state index in [9.17, 15) is 4.79 Å². The summed E-state index contributed by atoms with van der Waals surface area (Å²) in [6, 6.07) is 15.4. The fraction of sp³-hybridized carbons (Fsp3) is 0.316. The monoisotopic (exact) mass is 328 g/mol. The van der Waals surface area contributed by atoms with Gasteiger partial charge in [0, 0.05) is 17.3 Å². The third-order valence-corrected chi connectivity index (χ3v) is 4.71. The van der Waals surface area contributed by atoms with Crippen LogP contribution in [0.25, 0.3) is 0 Å². The number of carbonyl (C=O) groups is 1. The lowest BCUT2D eigenvalue weighted by Gasteiger charge is -2.47. The maximum atomic E-state index is 13.0. The lowest BCUT2D eigenvalue weighted by Crippen LogP contribution is -2.56. The van der Waals surface area contributed by atoms with Gasteiger partial charge in [0.25, 0.3) is 5.91 Å². The molecular formula is C19H21ClN2O. The normalized spacial score (nSPS) is 20.1. The zero-order valence-corrected chi connectivity index (χ0v) is 14.2. The quantitative estimate of drug-likeness (QED) is 0.867. The van der Waals surface area contributed by atoms with Crippen molar-refractivity contribution < 1.29 is 4.79 Å². The molecule has 23 heavy (non-hydrogen) atoms. The third kappa shape index (κ3) is 2.81. The number of rotatable bonds is 4. The van der Waals surface area contributed by atoms with Gasteiger partial charge in [0.15, 0.2) is 0 Å². The second-order valence-corrected chi connectivity index (χ2v) is 6.50. The van der Waals surface area contributed by atoms with Gasteiger partial charge in [0.2, 0.25) is 0 Å². The van der Waals surface area contributed by atoms with Crippen LogP contribution in [0.1, 0.15) is 42.6 Å². The Morgan fingerprint density at radius 2 is 1.83 bits per heavy atom. The number of carbonyl (C=O) groups excluding carboxylic acids is 1. The van der Waals surface area contributed by atoms with Crippen LogP contribution in [0.15, 0.2) is 48.5 Å². The Hall–Kier alpha value is -2.00. The Kier molecular flexibility index (Phi) is 4.31. The van der Waals surface area contributed by atoms with Crippen molar-refractivity contribution in [3.05, 3.63) is 64.7 Å². The highest BCUT2D eigenvalue weighted by Crippen LogP contribution is 2.38. The van der Waals surface area contributed by atoms with E-state index < -0.39 is 5.66 Å². The summed E-state index contributed by atoms with van der Waals surface area (Å²) in [7, 11) is 0. The van der Waals surface area contributed by atoms with Gasteiger partial charge in [-0.2, -0.15) is 0 Å². The van der Waals surface area contributed by atoms with Crippen molar-refractivity contribution >= 4 is 23.2 Å². The summed E-state index contributed by atoms with van der Waals surface area (Å²) in [4.78, 5) is 15.0. The molecule has 1 aliphatic rings. The number of hydrogen-bond donors (Lipinski definition) is 1. The number of halogens is 1. The van der Waals surface area contributed by atoms with Crippen LogP contribution < -0.4 is 5.32 Å². The number of fused-ring (bicyclic) bond motifs is 1. The molecule has 0 fully saturated rings. The SMILES string of the molecule is CCCCN1C(=O)c2ccccc2NC1(C)c1ccc(Cl)cc1. The van der Waals surface area contributed by atoms with E-state index in [2.05, 4.69) is 19.2 Å². The van der Waals surface area contributed by atoms with Crippen molar-refractivity contribution in [2.75, 3.05) is 11.9 Å². The van der Waals surface area contributed by atoms with Crippen LogP contribution in [-0.4, -0.2) is 17.4 Å². The summed E-state index contributed by atoms with van der Waals surface area (Å²) in [6.07, 6.45) is 2.01. The van der Waals surface area contributed by atoms with Gasteiger partial charge in [-0.3, -0.25) is 4.79 Å². The Balaban J connectivity index is 2.08. The number of anilines is 1. The molecule has 120 valence electrons. The van der Waals surface area contributed by atoms with Crippen LogP contribution in [0, 0.1) is 0 Å². The first-order valence-corrected chi connectivity index (χ1v) is 8.39. The molecule has 0 spiro atoms. The van der Waals surface area contributed by atoms with Gasteiger partial charge in [-0.25, -0.2) is 0 Å². The first-order chi connectivity index (χ1) is 11.1. The first-order valence-electron chi connectivity index (χ1n) is 8.01. The van der Waals surface area contributed by atoms with E-state index in [4.69, 9.17) is 11.6 Å². The number of hydrogen-bond acceptors (Lipinski definition) is 2. The van der Waals surface area contributed by atoms with E-state index in [-0.39, 0.29) is 5.91 Å². The summed E-state index contributed by atoms with van der Waals surface area (Å²) in [5, 5.41) is 4.25. The molecule has 0 saturated carbocycles. The molecule has 4 heteroatoms. The minimum atomic E-state index is -0.578. The lowest BCUT2D eigenvalue weighted by molar-refractivity contribution is 0.0531. The first kappa shape index (κ1) is 15.9. The predicted molar refractivity (Wildman–Crippen MR) is 94.8 cm³/mol. The summed E-state index contributed by atoms with van der Waals surface area (Å²) in [6.45, 7) is 4.91. The Bertz CT molecular complexity index is 714. The standard InChI is InChI=1S/C19H21ClN2O/c1-3-4-13-22-18(23)16-7-5-6-8-17(16)21-19(22,2)14-9-11-15(20)12-10-14/h5-12,21H,3-4,13H2,1-2H3. The lowest BCUT2D eigenvalue weighted by atomic mass is 9.93. The van der Waals surface area contributed by atoms with Crippen molar-refractivity contribution in [1.29, 1.82) is 0 Å². The predicted octanol–water partition coefficient (Wildman–Crippen LogP) is 4.88. The van der Waals surface area contributed by atoms with E-state index in [0.29, 0.717) is 5.02 Å². The van der Waals surface area contributed by atoms with E-state index in [0.717, 1.165) is 36.2 Å². The van der Waals surface area contributed by atoms with Crippen molar-refractivity contribution in [2.24, 2.45) is 0 Å². The molecule has 0 radical (unpaired) electrons. The van der Waals surface area contributed by atoms with Crippen molar-refractivity contribution in [2.45, 2.75) is 32.4 Å². The van der Waals surface area contributed by atoms with Gasteiger partial charge >= 0.3 is 0 Å². The van der Waals surface area contributed by atoms with Gasteiger partial charge in [-0.15, -0.1) is 0 Å². The number of unbranched alkanes of at least 4 members (excludes halogenated alkanes) is 1. The molecule has 1 heterocycles. The molecule has 3 rings (SSSR count). The van der Waals surface area contributed by atoms with E-state index in [1.54, 1.807) is 0 Å². The van der Waals surface area contributed by atoms with Crippen LogP contribution in [0.5, 0.6) is 0 Å². The minimum absolute atomic E-state index is 0.0743. The molecule has 1 amide bonds. The molecule has 0 bridgehead atoms. The third-order valence-electron chi connectivity index (χ3n) is 4.46. The van der Waals surface area contributed by atoms with Gasteiger partial charge in [-0.05, 0) is 43.2 Å². The fourth-order valence-electron chi connectivity index (χ4n) is 3.10. The average Bonchev–Trinajstić information content (AvgIpc) is 2.55. The Labute approximate surface area is 142 Å². The largest absolute Gasteiger partial charge is 0.358 e. The second-order valence-electron chi connectivity index (χ2n) is 6.06.